The van der Waals surface area contributed by atoms with Gasteiger partial charge in [0.2, 0.25) is 0 Å². The van der Waals surface area contributed by atoms with Crippen LogP contribution in [0, 0.1) is 5.92 Å². The predicted octanol–water partition coefficient (Wildman–Crippen LogP) is 0.605. The molecule has 0 aromatic rings. The van der Waals surface area contributed by atoms with Crippen molar-refractivity contribution in [1.29, 1.82) is 0 Å². The second kappa shape index (κ2) is 5.77. The first kappa shape index (κ1) is 11.4. The molecule has 0 aliphatic heterocycles. The van der Waals surface area contributed by atoms with E-state index in [4.69, 9.17) is 5.11 Å². The third kappa shape index (κ3) is 4.79. The van der Waals surface area contributed by atoms with E-state index in [1.807, 2.05) is 13.8 Å². The predicted molar refractivity (Wildman–Crippen MR) is 27.9 cm³/mol. The molecule has 0 aliphatic carbocycles. The Labute approximate surface area is 65.1 Å². The van der Waals surface area contributed by atoms with E-state index in [2.05, 4.69) is 4.74 Å². The summed E-state index contributed by atoms with van der Waals surface area (Å²) in [4.78, 5) is 0. The first-order valence-electron chi connectivity index (χ1n) is 2.39. The van der Waals surface area contributed by atoms with Crippen molar-refractivity contribution in [3.63, 3.8) is 0 Å². The van der Waals surface area contributed by atoms with E-state index in [1.54, 1.807) is 0 Å². The Kier molecular flexibility index (Phi) is 8.24. The summed E-state index contributed by atoms with van der Waals surface area (Å²) in [6.07, 6.45) is -0.597. The Bertz CT molecular complexity index is 47.7. The average molecular weight is 152 g/mol. The summed E-state index contributed by atoms with van der Waals surface area (Å²) in [6.45, 7) is 3.79. The number of hydrogen-bond donors (Lipinski definition) is 1. The molecule has 1 N–H and O–H groups in total. The fourth-order valence-corrected chi connectivity index (χ4v) is 0.272. The molecule has 1 atom stereocenters. The zero-order valence-electron chi connectivity index (χ0n) is 5.51. The molecule has 3 heteroatoms. The largest absolute Gasteiger partial charge is 0.368 e. The molecule has 2 nitrogen and oxygen atoms in total. The molecular formula is C5H12O2Ti. The van der Waals surface area contributed by atoms with Crippen molar-refractivity contribution in [3.05, 3.63) is 0 Å². The molecule has 8 heavy (non-hydrogen) atoms. The van der Waals surface area contributed by atoms with E-state index < -0.39 is 6.29 Å². The van der Waals surface area contributed by atoms with Crippen LogP contribution >= 0.6 is 0 Å². The smallest absolute Gasteiger partial charge is 0.156 e. The van der Waals surface area contributed by atoms with Gasteiger partial charge >= 0.3 is 0 Å². The number of hydrogen-bond acceptors (Lipinski definition) is 2. The summed E-state index contributed by atoms with van der Waals surface area (Å²) in [5.74, 6) is 0.199. The third-order valence-corrected chi connectivity index (χ3v) is 0.812. The fraction of sp³-hybridized carbons (Fsp3) is 1.00. The van der Waals surface area contributed by atoms with Gasteiger partial charge in [-0.25, -0.2) is 0 Å². The monoisotopic (exact) mass is 152 g/mol. The molecule has 0 rings (SSSR count). The van der Waals surface area contributed by atoms with Crippen LogP contribution in [0.5, 0.6) is 0 Å². The summed E-state index contributed by atoms with van der Waals surface area (Å²) in [5, 5.41) is 8.71. The van der Waals surface area contributed by atoms with Crippen LogP contribution < -0.4 is 0 Å². The second-order valence-electron chi connectivity index (χ2n) is 1.87. The van der Waals surface area contributed by atoms with Crippen LogP contribution in [0.3, 0.4) is 0 Å². The molecule has 0 saturated heterocycles. The maximum absolute atomic E-state index is 8.71. The molecule has 0 aromatic heterocycles. The van der Waals surface area contributed by atoms with E-state index in [-0.39, 0.29) is 27.6 Å². The average Bonchev–Trinajstić information content (AvgIpc) is 1.65. The molecule has 0 aromatic carbocycles. The normalized spacial score (nSPS) is 13.1. The fourth-order valence-electron chi connectivity index (χ4n) is 0.272. The van der Waals surface area contributed by atoms with Gasteiger partial charge in [-0.15, -0.1) is 0 Å². The molecule has 48 valence electrons. The molecule has 0 fully saturated rings. The minimum atomic E-state index is -0.597. The van der Waals surface area contributed by atoms with Gasteiger partial charge in [0.15, 0.2) is 6.29 Å². The van der Waals surface area contributed by atoms with Crippen LogP contribution in [0.15, 0.2) is 0 Å². The minimum absolute atomic E-state index is 0. The van der Waals surface area contributed by atoms with Gasteiger partial charge in [0, 0.05) is 34.7 Å². The molecule has 0 saturated carbocycles. The van der Waals surface area contributed by atoms with Crippen molar-refractivity contribution in [2.75, 3.05) is 7.11 Å². The Morgan fingerprint density at radius 1 is 1.38 bits per heavy atom. The third-order valence-electron chi connectivity index (χ3n) is 0.812. The van der Waals surface area contributed by atoms with Crippen LogP contribution in [0.1, 0.15) is 13.8 Å². The van der Waals surface area contributed by atoms with E-state index in [0.717, 1.165) is 0 Å². The van der Waals surface area contributed by atoms with Crippen LogP contribution in [-0.2, 0) is 26.5 Å². The summed E-state index contributed by atoms with van der Waals surface area (Å²) in [7, 11) is 1.49. The van der Waals surface area contributed by atoms with Crippen LogP contribution in [0.25, 0.3) is 0 Å². The van der Waals surface area contributed by atoms with E-state index in [9.17, 15) is 0 Å². The maximum atomic E-state index is 8.71. The van der Waals surface area contributed by atoms with Crippen LogP contribution in [0.2, 0.25) is 0 Å². The van der Waals surface area contributed by atoms with Crippen molar-refractivity contribution < 1.29 is 31.6 Å². The minimum Gasteiger partial charge on any atom is -0.368 e. The first-order valence-corrected chi connectivity index (χ1v) is 2.39. The molecule has 0 aliphatic rings. The molecule has 0 heterocycles. The van der Waals surface area contributed by atoms with Crippen LogP contribution in [0.4, 0.5) is 0 Å². The Hall–Kier alpha value is 0.634. The van der Waals surface area contributed by atoms with Crippen LogP contribution in [-0.4, -0.2) is 18.5 Å². The molecule has 0 amide bonds. The zero-order chi connectivity index (χ0) is 5.86. The van der Waals surface area contributed by atoms with Crippen molar-refractivity contribution in [1.82, 2.24) is 0 Å². The van der Waals surface area contributed by atoms with E-state index in [1.165, 1.54) is 7.11 Å². The van der Waals surface area contributed by atoms with Gasteiger partial charge in [0.1, 0.15) is 0 Å². The van der Waals surface area contributed by atoms with Gasteiger partial charge in [0.25, 0.3) is 0 Å². The molecule has 1 unspecified atom stereocenters. The summed E-state index contributed by atoms with van der Waals surface area (Å²) < 4.78 is 4.57. The number of aliphatic hydroxyl groups excluding tert-OH is 1. The summed E-state index contributed by atoms with van der Waals surface area (Å²) >= 11 is 0. The topological polar surface area (TPSA) is 29.5 Å². The van der Waals surface area contributed by atoms with Gasteiger partial charge in [-0.1, -0.05) is 13.8 Å². The number of methoxy groups -OCH3 is 1. The van der Waals surface area contributed by atoms with Crippen molar-refractivity contribution in [3.8, 4) is 0 Å². The Morgan fingerprint density at radius 2 is 1.75 bits per heavy atom. The van der Waals surface area contributed by atoms with Crippen molar-refractivity contribution in [2.45, 2.75) is 20.1 Å². The van der Waals surface area contributed by atoms with Gasteiger partial charge in [-0.3, -0.25) is 0 Å². The number of aliphatic hydroxyl groups is 1. The molecule has 0 bridgehead atoms. The van der Waals surface area contributed by atoms with Crippen molar-refractivity contribution in [2.24, 2.45) is 5.92 Å². The van der Waals surface area contributed by atoms with E-state index >= 15 is 0 Å². The van der Waals surface area contributed by atoms with Gasteiger partial charge in [-0.05, 0) is 0 Å². The number of rotatable bonds is 2. The Morgan fingerprint density at radius 3 is 1.75 bits per heavy atom. The van der Waals surface area contributed by atoms with Gasteiger partial charge in [0.05, 0.1) is 0 Å². The quantitative estimate of drug-likeness (QED) is 0.463. The molecular weight excluding hydrogens is 140 g/mol. The summed E-state index contributed by atoms with van der Waals surface area (Å²) in [5.41, 5.74) is 0. The van der Waals surface area contributed by atoms with Gasteiger partial charge in [-0.2, -0.15) is 0 Å². The molecule has 0 radical (unpaired) electrons. The zero-order valence-corrected chi connectivity index (χ0v) is 7.07. The second-order valence-corrected chi connectivity index (χ2v) is 1.87. The summed E-state index contributed by atoms with van der Waals surface area (Å²) in [6, 6.07) is 0. The maximum Gasteiger partial charge on any atom is 0.156 e. The van der Waals surface area contributed by atoms with Gasteiger partial charge < -0.3 is 9.84 Å². The van der Waals surface area contributed by atoms with E-state index in [0.29, 0.717) is 0 Å². The Balaban J connectivity index is 0. The standard InChI is InChI=1S/C5H12O2.Ti/c1-4(2)5(6)7-3;/h4-6H,1-3H3;. The first-order chi connectivity index (χ1) is 3.18. The number of ether oxygens (including phenoxy) is 1. The SMILES string of the molecule is COC(O)C(C)C.[Ti]. The molecule has 0 spiro atoms. The van der Waals surface area contributed by atoms with Crippen molar-refractivity contribution >= 4 is 0 Å².